The summed E-state index contributed by atoms with van der Waals surface area (Å²) in [6.07, 6.45) is 1.64. The molecule has 6 rings (SSSR count). The van der Waals surface area contributed by atoms with Gasteiger partial charge in [0.25, 0.3) is 0 Å². The molecule has 6 aromatic rings. The SMILES string of the molecule is [2H]C([2H])([2H])c1cc2c(N(c3ccccc3)c3cccc(N(c4ccccc4)c4ccccc4)c3Cl)csc2cn1. The third kappa shape index (κ3) is 4.46. The van der Waals surface area contributed by atoms with Crippen molar-refractivity contribution >= 4 is 67.1 Å². The van der Waals surface area contributed by atoms with Crippen LogP contribution in [0.1, 0.15) is 9.81 Å². The molecule has 0 N–H and O–H groups in total. The second kappa shape index (κ2) is 10.1. The number of benzene rings is 4. The molecule has 0 atom stereocenters. The van der Waals surface area contributed by atoms with Gasteiger partial charge in [-0.3, -0.25) is 4.98 Å². The van der Waals surface area contributed by atoms with Crippen LogP contribution in [0, 0.1) is 6.85 Å². The number of fused-ring (bicyclic) bond motifs is 1. The number of hydrogen-bond donors (Lipinski definition) is 0. The molecule has 2 heterocycles. The molecule has 0 aliphatic rings. The quantitative estimate of drug-likeness (QED) is 0.218. The Balaban J connectivity index is 1.58. The molecule has 0 bridgehead atoms. The molecule has 0 unspecified atom stereocenters. The highest BCUT2D eigenvalue weighted by Gasteiger charge is 2.23. The smallest absolute Gasteiger partial charge is 0.0887 e. The van der Waals surface area contributed by atoms with Gasteiger partial charge in [0.2, 0.25) is 0 Å². The van der Waals surface area contributed by atoms with Gasteiger partial charge in [0.15, 0.2) is 0 Å². The summed E-state index contributed by atoms with van der Waals surface area (Å²) in [4.78, 5) is 8.44. The number of halogens is 1. The third-order valence-electron chi connectivity index (χ3n) is 6.16. The summed E-state index contributed by atoms with van der Waals surface area (Å²) >= 11 is 8.86. The highest BCUT2D eigenvalue weighted by atomic mass is 35.5. The Morgan fingerprint density at radius 2 is 1.22 bits per heavy atom. The summed E-state index contributed by atoms with van der Waals surface area (Å²) in [6, 6.07) is 37.9. The van der Waals surface area contributed by atoms with Crippen LogP contribution in [-0.4, -0.2) is 4.98 Å². The maximum atomic E-state index is 7.91. The largest absolute Gasteiger partial charge is 0.309 e. The average Bonchev–Trinajstić information content (AvgIpc) is 3.39. The minimum atomic E-state index is -2.31. The Kier molecular flexibility index (Phi) is 5.45. The number of rotatable bonds is 6. The number of anilines is 6. The topological polar surface area (TPSA) is 19.4 Å². The average molecular weight is 521 g/mol. The molecular weight excluding hydrogens is 494 g/mol. The summed E-state index contributed by atoms with van der Waals surface area (Å²) in [5.74, 6) is 0. The van der Waals surface area contributed by atoms with Crippen molar-refractivity contribution in [3.8, 4) is 0 Å². The van der Waals surface area contributed by atoms with Crippen LogP contribution in [0.25, 0.3) is 10.1 Å². The summed E-state index contributed by atoms with van der Waals surface area (Å²) in [6.45, 7) is -2.31. The number of para-hydroxylation sites is 3. The number of aryl methyl sites for hydroxylation is 1. The Hall–Kier alpha value is -4.12. The van der Waals surface area contributed by atoms with Crippen molar-refractivity contribution in [2.75, 3.05) is 9.80 Å². The molecule has 0 aliphatic heterocycles. The van der Waals surface area contributed by atoms with Crippen molar-refractivity contribution < 1.29 is 4.11 Å². The van der Waals surface area contributed by atoms with E-state index in [0.717, 1.165) is 44.2 Å². The molecule has 4 aromatic carbocycles. The standard InChI is InChI=1S/C32H24ClN3S/c1-23-20-27-30(22-37-31(27)21-34-23)36(26-16-9-4-10-17-26)29-19-11-18-28(32(29)33)35(24-12-5-2-6-13-24)25-14-7-3-8-15-25/h2-22H,1H3/i1D3. The van der Waals surface area contributed by atoms with E-state index in [2.05, 4.69) is 39.0 Å². The molecule has 0 saturated carbocycles. The summed E-state index contributed by atoms with van der Waals surface area (Å²) in [7, 11) is 0. The monoisotopic (exact) mass is 520 g/mol. The summed E-state index contributed by atoms with van der Waals surface area (Å²) in [5.41, 5.74) is 5.35. The van der Waals surface area contributed by atoms with Crippen molar-refractivity contribution in [2.45, 2.75) is 6.85 Å². The molecule has 0 amide bonds. The van der Waals surface area contributed by atoms with Gasteiger partial charge in [-0.15, -0.1) is 11.3 Å². The normalized spacial score (nSPS) is 12.5. The van der Waals surface area contributed by atoms with E-state index in [-0.39, 0.29) is 5.69 Å². The third-order valence-corrected chi connectivity index (χ3v) is 7.47. The van der Waals surface area contributed by atoms with Gasteiger partial charge >= 0.3 is 0 Å². The van der Waals surface area contributed by atoms with Crippen molar-refractivity contribution in [1.82, 2.24) is 4.98 Å². The first kappa shape index (κ1) is 20.0. The minimum absolute atomic E-state index is 0.0619. The van der Waals surface area contributed by atoms with Crippen LogP contribution in [-0.2, 0) is 0 Å². The van der Waals surface area contributed by atoms with Gasteiger partial charge in [0.1, 0.15) is 0 Å². The van der Waals surface area contributed by atoms with E-state index in [1.54, 1.807) is 12.3 Å². The van der Waals surface area contributed by atoms with Crippen molar-refractivity contribution in [1.29, 1.82) is 0 Å². The molecule has 2 aromatic heterocycles. The van der Waals surface area contributed by atoms with Crippen molar-refractivity contribution in [3.63, 3.8) is 0 Å². The molecule has 3 nitrogen and oxygen atoms in total. The molecule has 180 valence electrons. The van der Waals surface area contributed by atoms with E-state index in [0.29, 0.717) is 5.02 Å². The fourth-order valence-electron chi connectivity index (χ4n) is 4.51. The van der Waals surface area contributed by atoms with Gasteiger partial charge in [0, 0.05) is 43.8 Å². The maximum absolute atomic E-state index is 7.91. The Labute approximate surface area is 230 Å². The second-order valence-corrected chi connectivity index (χ2v) is 9.76. The predicted molar refractivity (Wildman–Crippen MR) is 159 cm³/mol. The van der Waals surface area contributed by atoms with Gasteiger partial charge in [-0.05, 0) is 61.4 Å². The first-order chi connectivity index (χ1) is 19.4. The van der Waals surface area contributed by atoms with E-state index in [1.807, 2.05) is 90.3 Å². The highest BCUT2D eigenvalue weighted by Crippen LogP contribution is 2.48. The van der Waals surface area contributed by atoms with Crippen LogP contribution in [0.4, 0.5) is 34.1 Å². The fraction of sp³-hybridized carbons (Fsp3) is 0.0312. The lowest BCUT2D eigenvalue weighted by atomic mass is 10.1. The van der Waals surface area contributed by atoms with E-state index in [1.165, 1.54) is 11.3 Å². The molecule has 0 aliphatic carbocycles. The van der Waals surface area contributed by atoms with Gasteiger partial charge in [-0.25, -0.2) is 0 Å². The van der Waals surface area contributed by atoms with Crippen LogP contribution in [0.3, 0.4) is 0 Å². The van der Waals surface area contributed by atoms with E-state index in [4.69, 9.17) is 15.7 Å². The second-order valence-electron chi connectivity index (χ2n) is 8.47. The number of hydrogen-bond acceptors (Lipinski definition) is 4. The van der Waals surface area contributed by atoms with Crippen molar-refractivity contribution in [2.24, 2.45) is 0 Å². The zero-order chi connectivity index (χ0) is 27.7. The van der Waals surface area contributed by atoms with Gasteiger partial charge in [0.05, 0.1) is 26.8 Å². The zero-order valence-corrected chi connectivity index (χ0v) is 21.3. The predicted octanol–water partition coefficient (Wildman–Crippen LogP) is 10.2. The number of thiophene rings is 1. The molecular formula is C32H24ClN3S. The van der Waals surface area contributed by atoms with Crippen LogP contribution in [0.2, 0.25) is 5.02 Å². The lowest BCUT2D eigenvalue weighted by molar-refractivity contribution is 1.22. The first-order valence-electron chi connectivity index (χ1n) is 13.3. The molecule has 0 saturated heterocycles. The Morgan fingerprint density at radius 3 is 1.78 bits per heavy atom. The van der Waals surface area contributed by atoms with Gasteiger partial charge < -0.3 is 9.80 Å². The van der Waals surface area contributed by atoms with Crippen LogP contribution in [0.5, 0.6) is 0 Å². The molecule has 37 heavy (non-hydrogen) atoms. The zero-order valence-electron chi connectivity index (χ0n) is 22.8. The lowest BCUT2D eigenvalue weighted by Gasteiger charge is -2.30. The fourth-order valence-corrected chi connectivity index (χ4v) is 5.68. The molecule has 5 heteroatoms. The highest BCUT2D eigenvalue weighted by molar-refractivity contribution is 7.17. The summed E-state index contributed by atoms with van der Waals surface area (Å²) < 4.78 is 24.6. The molecule has 0 radical (unpaired) electrons. The molecule has 0 fully saturated rings. The van der Waals surface area contributed by atoms with Crippen LogP contribution in [0.15, 0.2) is 127 Å². The van der Waals surface area contributed by atoms with E-state index in [9.17, 15) is 0 Å². The van der Waals surface area contributed by atoms with E-state index < -0.39 is 6.85 Å². The van der Waals surface area contributed by atoms with E-state index >= 15 is 0 Å². The van der Waals surface area contributed by atoms with Crippen LogP contribution >= 0.6 is 22.9 Å². The number of aromatic nitrogens is 1. The Morgan fingerprint density at radius 1 is 0.676 bits per heavy atom. The van der Waals surface area contributed by atoms with Crippen molar-refractivity contribution in [3.05, 3.63) is 138 Å². The van der Waals surface area contributed by atoms with Crippen LogP contribution < -0.4 is 9.80 Å². The first-order valence-corrected chi connectivity index (χ1v) is 13.1. The lowest BCUT2D eigenvalue weighted by Crippen LogP contribution is -2.14. The Bertz CT molecular complexity index is 1720. The number of nitrogens with zero attached hydrogens (tertiary/aromatic N) is 3. The number of pyridine rings is 1. The van der Waals surface area contributed by atoms with Gasteiger partial charge in [-0.1, -0.05) is 72.3 Å². The minimum Gasteiger partial charge on any atom is -0.309 e. The van der Waals surface area contributed by atoms with Gasteiger partial charge in [-0.2, -0.15) is 0 Å². The maximum Gasteiger partial charge on any atom is 0.0887 e. The summed E-state index contributed by atoms with van der Waals surface area (Å²) in [5, 5.41) is 3.39. The molecule has 0 spiro atoms.